The topological polar surface area (TPSA) is 65.3 Å². The summed E-state index contributed by atoms with van der Waals surface area (Å²) in [5.41, 5.74) is 10.1. The molecule has 5 N–H and O–H groups in total. The van der Waals surface area contributed by atoms with Crippen LogP contribution in [0.25, 0.3) is 16.5 Å². The normalized spacial score (nSPS) is 14.8. The van der Waals surface area contributed by atoms with E-state index in [-0.39, 0.29) is 6.04 Å². The first-order valence-electron chi connectivity index (χ1n) is 11.7. The zero-order valence-electron chi connectivity index (χ0n) is 19.5. The second-order valence-electron chi connectivity index (χ2n) is 8.22. The fourth-order valence-electron chi connectivity index (χ4n) is 3.79. The Labute approximate surface area is 192 Å². The third-order valence-electron chi connectivity index (χ3n) is 5.84. The Bertz CT molecular complexity index is 832. The summed E-state index contributed by atoms with van der Waals surface area (Å²) >= 11 is 0. The van der Waals surface area contributed by atoms with Gasteiger partial charge in [0.2, 0.25) is 0 Å². The highest BCUT2D eigenvalue weighted by molar-refractivity contribution is 5.88. The van der Waals surface area contributed by atoms with Crippen molar-refractivity contribution in [1.29, 1.82) is 0 Å². The average molecular weight is 442 g/mol. The standard InChI is InChI=1S/C20H27N3.C6H13FN2/c1-16(22-10-13-23-11-4-3-5-12-23)17-6-7-19-15-20(21-2)9-8-18(19)14-17;1-2-6(9-7)4-3-5-8/h6-9,14-15,21-22H,1,3-5,10-13H2,2H3;2,6,9H,1,3-5,8H2. The van der Waals surface area contributed by atoms with Gasteiger partial charge in [-0.2, -0.15) is 5.54 Å². The smallest absolute Gasteiger partial charge is 0.0549 e. The van der Waals surface area contributed by atoms with Gasteiger partial charge >= 0.3 is 0 Å². The van der Waals surface area contributed by atoms with Crippen molar-refractivity contribution >= 4 is 22.2 Å². The van der Waals surface area contributed by atoms with Crippen molar-refractivity contribution < 1.29 is 4.48 Å². The highest BCUT2D eigenvalue weighted by atomic mass is 19.2. The summed E-state index contributed by atoms with van der Waals surface area (Å²) in [6.07, 6.45) is 7.17. The molecule has 2 aromatic carbocycles. The fourth-order valence-corrected chi connectivity index (χ4v) is 3.79. The third-order valence-corrected chi connectivity index (χ3v) is 5.84. The predicted molar refractivity (Wildman–Crippen MR) is 137 cm³/mol. The molecule has 0 radical (unpaired) electrons. The molecule has 1 atom stereocenters. The van der Waals surface area contributed by atoms with Crippen molar-refractivity contribution in [3.8, 4) is 0 Å². The number of anilines is 1. The van der Waals surface area contributed by atoms with Gasteiger partial charge in [-0.1, -0.05) is 37.3 Å². The van der Waals surface area contributed by atoms with Gasteiger partial charge in [0.1, 0.15) is 0 Å². The largest absolute Gasteiger partial charge is 0.388 e. The van der Waals surface area contributed by atoms with E-state index in [1.165, 1.54) is 54.8 Å². The monoisotopic (exact) mass is 441 g/mol. The number of nitrogens with zero attached hydrogens (tertiary/aromatic N) is 1. The molecule has 176 valence electrons. The Hall–Kier alpha value is -2.41. The number of hydrogen-bond acceptors (Lipinski definition) is 5. The number of halogens is 1. The van der Waals surface area contributed by atoms with Crippen LogP contribution >= 0.6 is 0 Å². The lowest BCUT2D eigenvalue weighted by Gasteiger charge is -2.26. The molecule has 1 fully saturated rings. The van der Waals surface area contributed by atoms with Crippen molar-refractivity contribution in [2.45, 2.75) is 38.1 Å². The van der Waals surface area contributed by atoms with Crippen LogP contribution in [0, 0.1) is 0 Å². The van der Waals surface area contributed by atoms with Crippen LogP contribution in [0.5, 0.6) is 0 Å². The summed E-state index contributed by atoms with van der Waals surface area (Å²) in [7, 11) is 1.95. The van der Waals surface area contributed by atoms with E-state index >= 15 is 0 Å². The number of hydrogen-bond donors (Lipinski definition) is 4. The van der Waals surface area contributed by atoms with Crippen LogP contribution in [-0.4, -0.2) is 50.7 Å². The number of piperidine rings is 1. The molecule has 0 bridgehead atoms. The van der Waals surface area contributed by atoms with Gasteiger partial charge in [0.15, 0.2) is 0 Å². The molecule has 0 saturated carbocycles. The van der Waals surface area contributed by atoms with Gasteiger partial charge in [-0.3, -0.25) is 0 Å². The molecule has 3 rings (SSSR count). The van der Waals surface area contributed by atoms with Gasteiger partial charge in [0.05, 0.1) is 6.04 Å². The molecule has 0 amide bonds. The Morgan fingerprint density at radius 1 is 1.16 bits per heavy atom. The number of rotatable bonds is 11. The molecule has 32 heavy (non-hydrogen) atoms. The Morgan fingerprint density at radius 2 is 1.88 bits per heavy atom. The molecule has 0 spiro atoms. The zero-order chi connectivity index (χ0) is 23.2. The summed E-state index contributed by atoms with van der Waals surface area (Å²) in [5, 5.41) is 9.17. The van der Waals surface area contributed by atoms with Crippen LogP contribution in [0.2, 0.25) is 0 Å². The molecular weight excluding hydrogens is 401 g/mol. The maximum Gasteiger partial charge on any atom is 0.0549 e. The first kappa shape index (κ1) is 25.8. The molecule has 1 unspecified atom stereocenters. The number of nitrogens with two attached hydrogens (primary N) is 1. The second kappa shape index (κ2) is 14.6. The molecule has 5 nitrogen and oxygen atoms in total. The van der Waals surface area contributed by atoms with Gasteiger partial charge in [-0.25, -0.2) is 0 Å². The molecule has 0 aromatic heterocycles. The van der Waals surface area contributed by atoms with E-state index in [2.05, 4.69) is 65.1 Å². The van der Waals surface area contributed by atoms with E-state index in [1.54, 1.807) is 5.54 Å². The Balaban J connectivity index is 0.000000344. The van der Waals surface area contributed by atoms with Crippen LogP contribution in [0.1, 0.15) is 37.7 Å². The fraction of sp³-hybridized carbons (Fsp3) is 0.462. The highest BCUT2D eigenvalue weighted by Gasteiger charge is 2.09. The Morgan fingerprint density at radius 3 is 2.53 bits per heavy atom. The van der Waals surface area contributed by atoms with E-state index in [9.17, 15) is 4.48 Å². The third kappa shape index (κ3) is 8.61. The molecule has 1 aliphatic heterocycles. The van der Waals surface area contributed by atoms with Crippen LogP contribution in [0.15, 0.2) is 55.6 Å². The maximum absolute atomic E-state index is 11.6. The summed E-state index contributed by atoms with van der Waals surface area (Å²) in [5.74, 6) is 0. The van der Waals surface area contributed by atoms with Gasteiger partial charge in [-0.05, 0) is 79.9 Å². The SMILES string of the molecule is C=C(NCCN1CCCCC1)c1ccc2cc(NC)ccc2c1.C=CC(CCCN)NF. The molecule has 1 saturated heterocycles. The minimum atomic E-state index is -0.228. The molecule has 1 heterocycles. The number of fused-ring (bicyclic) bond motifs is 1. The van der Waals surface area contributed by atoms with E-state index in [1.807, 2.05) is 7.05 Å². The summed E-state index contributed by atoms with van der Waals surface area (Å²) in [4.78, 5) is 2.55. The molecule has 0 aliphatic carbocycles. The van der Waals surface area contributed by atoms with E-state index < -0.39 is 0 Å². The van der Waals surface area contributed by atoms with Crippen molar-refractivity contribution in [1.82, 2.24) is 15.8 Å². The molecule has 6 heteroatoms. The van der Waals surface area contributed by atoms with Crippen molar-refractivity contribution in [3.05, 3.63) is 61.2 Å². The first-order chi connectivity index (χ1) is 15.6. The van der Waals surface area contributed by atoms with Crippen molar-refractivity contribution in [2.75, 3.05) is 45.1 Å². The highest BCUT2D eigenvalue weighted by Crippen LogP contribution is 2.22. The predicted octanol–water partition coefficient (Wildman–Crippen LogP) is 4.68. The molecule has 2 aromatic rings. The zero-order valence-corrected chi connectivity index (χ0v) is 19.5. The van der Waals surface area contributed by atoms with Crippen LogP contribution < -0.4 is 21.9 Å². The van der Waals surface area contributed by atoms with E-state index in [4.69, 9.17) is 5.73 Å². The van der Waals surface area contributed by atoms with Gasteiger partial charge in [0.25, 0.3) is 0 Å². The van der Waals surface area contributed by atoms with Crippen LogP contribution in [-0.2, 0) is 0 Å². The maximum atomic E-state index is 11.6. The van der Waals surface area contributed by atoms with Gasteiger partial charge in [0, 0.05) is 31.5 Å². The lowest BCUT2D eigenvalue weighted by Crippen LogP contribution is -2.35. The molecular formula is C26H40FN5. The van der Waals surface area contributed by atoms with E-state index in [0.717, 1.165) is 37.3 Å². The number of benzene rings is 2. The van der Waals surface area contributed by atoms with Crippen LogP contribution in [0.4, 0.5) is 10.2 Å². The van der Waals surface area contributed by atoms with Crippen LogP contribution in [0.3, 0.4) is 0 Å². The molecule has 1 aliphatic rings. The van der Waals surface area contributed by atoms with E-state index in [0.29, 0.717) is 6.54 Å². The lowest BCUT2D eigenvalue weighted by atomic mass is 10.0. The van der Waals surface area contributed by atoms with Crippen molar-refractivity contribution in [3.63, 3.8) is 0 Å². The van der Waals surface area contributed by atoms with Crippen molar-refractivity contribution in [2.24, 2.45) is 5.73 Å². The minimum absolute atomic E-state index is 0.228. The summed E-state index contributed by atoms with van der Waals surface area (Å²) < 4.78 is 11.6. The lowest BCUT2D eigenvalue weighted by molar-refractivity contribution is 0.232. The first-order valence-corrected chi connectivity index (χ1v) is 11.7. The Kier molecular flexibility index (Phi) is 11.8. The summed E-state index contributed by atoms with van der Waals surface area (Å²) in [6.45, 7) is 12.8. The summed E-state index contributed by atoms with van der Waals surface area (Å²) in [6, 6.07) is 12.7. The second-order valence-corrected chi connectivity index (χ2v) is 8.22. The minimum Gasteiger partial charge on any atom is -0.388 e. The quantitative estimate of drug-likeness (QED) is 0.301. The average Bonchev–Trinajstić information content (AvgIpc) is 2.85. The number of likely N-dealkylation sites (tertiary alicyclic amines) is 1. The van der Waals surface area contributed by atoms with Gasteiger partial charge < -0.3 is 21.3 Å². The van der Waals surface area contributed by atoms with Gasteiger partial charge in [-0.15, -0.1) is 11.1 Å². The number of nitrogens with one attached hydrogen (secondary N) is 3.